The first-order valence-corrected chi connectivity index (χ1v) is 7.82. The number of likely N-dealkylation sites (tertiary alicyclic amines) is 1. The first-order chi connectivity index (χ1) is 11.0. The average molecular weight is 341 g/mol. The average Bonchev–Trinajstić information content (AvgIpc) is 2.57. The van der Waals surface area contributed by atoms with E-state index < -0.39 is 6.09 Å². The van der Waals surface area contributed by atoms with Gasteiger partial charge in [-0.1, -0.05) is 11.6 Å². The SMILES string of the molecule is COC(=O)N1CCCC(C(=O)Nc2cc(C)c(Cl)cc2OC)C1. The highest BCUT2D eigenvalue weighted by atomic mass is 35.5. The van der Waals surface area contributed by atoms with Crippen molar-refractivity contribution in [3.8, 4) is 5.75 Å². The molecule has 1 fully saturated rings. The summed E-state index contributed by atoms with van der Waals surface area (Å²) in [6.45, 7) is 2.82. The minimum Gasteiger partial charge on any atom is -0.495 e. The van der Waals surface area contributed by atoms with Gasteiger partial charge >= 0.3 is 6.09 Å². The zero-order valence-electron chi connectivity index (χ0n) is 13.5. The lowest BCUT2D eigenvalue weighted by atomic mass is 9.97. The molecule has 0 spiro atoms. The molecule has 1 saturated heterocycles. The summed E-state index contributed by atoms with van der Waals surface area (Å²) in [5.74, 6) is 0.0942. The molecule has 1 aliphatic heterocycles. The van der Waals surface area contributed by atoms with Gasteiger partial charge in [0.1, 0.15) is 5.75 Å². The van der Waals surface area contributed by atoms with Crippen LogP contribution in [0.2, 0.25) is 5.02 Å². The van der Waals surface area contributed by atoms with Crippen molar-refractivity contribution in [3.63, 3.8) is 0 Å². The normalized spacial score (nSPS) is 17.6. The van der Waals surface area contributed by atoms with Crippen LogP contribution in [-0.4, -0.2) is 44.2 Å². The number of ether oxygens (including phenoxy) is 2. The van der Waals surface area contributed by atoms with Crippen LogP contribution in [0.3, 0.4) is 0 Å². The van der Waals surface area contributed by atoms with E-state index in [0.29, 0.717) is 29.5 Å². The first kappa shape index (κ1) is 17.4. The van der Waals surface area contributed by atoms with Gasteiger partial charge in [0, 0.05) is 24.2 Å². The maximum Gasteiger partial charge on any atom is 0.409 e. The molecule has 126 valence electrons. The first-order valence-electron chi connectivity index (χ1n) is 7.44. The van der Waals surface area contributed by atoms with Crippen molar-refractivity contribution >= 4 is 29.3 Å². The smallest absolute Gasteiger partial charge is 0.409 e. The molecule has 2 amide bonds. The van der Waals surface area contributed by atoms with Gasteiger partial charge in [-0.25, -0.2) is 4.79 Å². The zero-order valence-corrected chi connectivity index (χ0v) is 14.3. The van der Waals surface area contributed by atoms with Gasteiger partial charge in [-0.3, -0.25) is 4.79 Å². The van der Waals surface area contributed by atoms with E-state index in [1.807, 2.05) is 6.92 Å². The van der Waals surface area contributed by atoms with E-state index in [4.69, 9.17) is 21.1 Å². The summed E-state index contributed by atoms with van der Waals surface area (Å²) in [6, 6.07) is 3.45. The maximum atomic E-state index is 12.5. The van der Waals surface area contributed by atoms with Gasteiger partial charge in [-0.15, -0.1) is 0 Å². The highest BCUT2D eigenvalue weighted by molar-refractivity contribution is 6.31. The molecule has 0 aromatic heterocycles. The van der Waals surface area contributed by atoms with Gasteiger partial charge in [0.15, 0.2) is 0 Å². The Morgan fingerprint density at radius 1 is 1.35 bits per heavy atom. The van der Waals surface area contributed by atoms with E-state index in [0.717, 1.165) is 18.4 Å². The Bertz CT molecular complexity index is 606. The van der Waals surface area contributed by atoms with Crippen LogP contribution < -0.4 is 10.1 Å². The predicted octanol–water partition coefficient (Wildman–Crippen LogP) is 3.07. The number of aryl methyl sites for hydroxylation is 1. The van der Waals surface area contributed by atoms with Crippen LogP contribution in [0.1, 0.15) is 18.4 Å². The molecule has 2 rings (SSSR count). The molecule has 1 aromatic carbocycles. The fourth-order valence-electron chi connectivity index (χ4n) is 2.65. The summed E-state index contributed by atoms with van der Waals surface area (Å²) in [4.78, 5) is 25.7. The third-order valence-corrected chi connectivity index (χ3v) is 4.37. The molecular formula is C16H21ClN2O4. The molecular weight excluding hydrogens is 320 g/mol. The third-order valence-electron chi connectivity index (χ3n) is 3.96. The Balaban J connectivity index is 2.10. The van der Waals surface area contributed by atoms with E-state index in [2.05, 4.69) is 5.32 Å². The number of benzene rings is 1. The van der Waals surface area contributed by atoms with Crippen molar-refractivity contribution in [2.45, 2.75) is 19.8 Å². The number of nitrogens with one attached hydrogen (secondary N) is 1. The molecule has 7 heteroatoms. The number of methoxy groups -OCH3 is 2. The highest BCUT2D eigenvalue weighted by Gasteiger charge is 2.29. The monoisotopic (exact) mass is 340 g/mol. The second-order valence-electron chi connectivity index (χ2n) is 5.55. The number of hydrogen-bond acceptors (Lipinski definition) is 4. The van der Waals surface area contributed by atoms with Gasteiger partial charge in [-0.05, 0) is 31.4 Å². The number of piperidine rings is 1. The predicted molar refractivity (Wildman–Crippen MR) is 88.1 cm³/mol. The summed E-state index contributed by atoms with van der Waals surface area (Å²) in [5, 5.41) is 3.45. The number of amides is 2. The molecule has 6 nitrogen and oxygen atoms in total. The fourth-order valence-corrected chi connectivity index (χ4v) is 2.80. The Hall–Kier alpha value is -1.95. The Morgan fingerprint density at radius 2 is 2.09 bits per heavy atom. The van der Waals surface area contributed by atoms with Crippen molar-refractivity contribution in [3.05, 3.63) is 22.7 Å². The van der Waals surface area contributed by atoms with E-state index >= 15 is 0 Å². The standard InChI is InChI=1S/C16H21ClN2O4/c1-10-7-13(14(22-2)8-12(10)17)18-15(20)11-5-4-6-19(9-11)16(21)23-3/h7-8,11H,4-6,9H2,1-3H3,(H,18,20). The molecule has 0 radical (unpaired) electrons. The summed E-state index contributed by atoms with van der Waals surface area (Å²) in [6.07, 6.45) is 1.10. The van der Waals surface area contributed by atoms with Gasteiger partial charge in [0.2, 0.25) is 5.91 Å². The van der Waals surface area contributed by atoms with Crippen LogP contribution in [0.5, 0.6) is 5.75 Å². The number of hydrogen-bond donors (Lipinski definition) is 1. The molecule has 1 aromatic rings. The maximum absolute atomic E-state index is 12.5. The molecule has 1 aliphatic rings. The lowest BCUT2D eigenvalue weighted by molar-refractivity contribution is -0.121. The lowest BCUT2D eigenvalue weighted by Gasteiger charge is -2.31. The molecule has 0 bridgehead atoms. The van der Waals surface area contributed by atoms with Crippen LogP contribution in [0.15, 0.2) is 12.1 Å². The van der Waals surface area contributed by atoms with Crippen molar-refractivity contribution in [1.82, 2.24) is 4.90 Å². The van der Waals surface area contributed by atoms with Crippen LogP contribution >= 0.6 is 11.6 Å². The minimum absolute atomic E-state index is 0.140. The minimum atomic E-state index is -0.401. The Morgan fingerprint density at radius 3 is 2.74 bits per heavy atom. The number of nitrogens with zero attached hydrogens (tertiary/aromatic N) is 1. The number of halogens is 1. The van der Waals surface area contributed by atoms with E-state index in [-0.39, 0.29) is 11.8 Å². The van der Waals surface area contributed by atoms with Gasteiger partial charge in [0.05, 0.1) is 25.8 Å². The highest BCUT2D eigenvalue weighted by Crippen LogP contribution is 2.31. The quantitative estimate of drug-likeness (QED) is 0.918. The van der Waals surface area contributed by atoms with Crippen LogP contribution in [0.4, 0.5) is 10.5 Å². The largest absolute Gasteiger partial charge is 0.495 e. The van der Waals surface area contributed by atoms with Crippen molar-refractivity contribution in [2.75, 3.05) is 32.6 Å². The van der Waals surface area contributed by atoms with Crippen molar-refractivity contribution in [1.29, 1.82) is 0 Å². The Labute approximate surface area is 140 Å². The molecule has 1 heterocycles. The number of carbonyl (C=O) groups is 2. The Kier molecular flexibility index (Phi) is 5.71. The number of anilines is 1. The zero-order chi connectivity index (χ0) is 17.0. The fraction of sp³-hybridized carbons (Fsp3) is 0.500. The summed E-state index contributed by atoms with van der Waals surface area (Å²) >= 11 is 6.07. The molecule has 1 N–H and O–H groups in total. The summed E-state index contributed by atoms with van der Waals surface area (Å²) in [5.41, 5.74) is 1.43. The summed E-state index contributed by atoms with van der Waals surface area (Å²) < 4.78 is 9.98. The van der Waals surface area contributed by atoms with Gasteiger partial charge in [0.25, 0.3) is 0 Å². The van der Waals surface area contributed by atoms with Gasteiger partial charge in [-0.2, -0.15) is 0 Å². The topological polar surface area (TPSA) is 67.9 Å². The molecule has 0 aliphatic carbocycles. The van der Waals surface area contributed by atoms with E-state index in [1.54, 1.807) is 17.0 Å². The van der Waals surface area contributed by atoms with Gasteiger partial charge < -0.3 is 19.7 Å². The molecule has 23 heavy (non-hydrogen) atoms. The van der Waals surface area contributed by atoms with Crippen LogP contribution in [0.25, 0.3) is 0 Å². The van der Waals surface area contributed by atoms with E-state index in [1.165, 1.54) is 14.2 Å². The van der Waals surface area contributed by atoms with Crippen LogP contribution in [-0.2, 0) is 9.53 Å². The third kappa shape index (κ3) is 4.07. The second-order valence-corrected chi connectivity index (χ2v) is 5.95. The second kappa shape index (κ2) is 7.55. The molecule has 0 saturated carbocycles. The number of carbonyl (C=O) groups excluding carboxylic acids is 2. The summed E-state index contributed by atoms with van der Waals surface area (Å²) in [7, 11) is 2.86. The number of rotatable bonds is 3. The lowest BCUT2D eigenvalue weighted by Crippen LogP contribution is -2.43. The molecule has 1 atom stereocenters. The molecule has 1 unspecified atom stereocenters. The van der Waals surface area contributed by atoms with Crippen LogP contribution in [0, 0.1) is 12.8 Å². The van der Waals surface area contributed by atoms with Crippen molar-refractivity contribution in [2.24, 2.45) is 5.92 Å². The van der Waals surface area contributed by atoms with E-state index in [9.17, 15) is 9.59 Å². The van der Waals surface area contributed by atoms with Crippen molar-refractivity contribution < 1.29 is 19.1 Å².